The monoisotopic (exact) mass is 385 g/mol. The Bertz CT molecular complexity index is 1010. The van der Waals surface area contributed by atoms with Crippen molar-refractivity contribution in [1.82, 2.24) is 5.16 Å². The van der Waals surface area contributed by atoms with Crippen LogP contribution in [0.25, 0.3) is 11.3 Å². The topological polar surface area (TPSA) is 86.5 Å². The third-order valence-electron chi connectivity index (χ3n) is 3.95. The summed E-state index contributed by atoms with van der Waals surface area (Å²) in [5.41, 5.74) is 2.47. The highest BCUT2D eigenvalue weighted by atomic mass is 32.2. The van der Waals surface area contributed by atoms with E-state index in [1.54, 1.807) is 24.3 Å². The minimum atomic E-state index is -3.51. The largest absolute Gasteiger partial charge is 0.459 e. The molecule has 27 heavy (non-hydrogen) atoms. The lowest BCUT2D eigenvalue weighted by Gasteiger charge is -2.04. The molecule has 3 rings (SSSR count). The minimum Gasteiger partial charge on any atom is -0.459 e. The van der Waals surface area contributed by atoms with Crippen LogP contribution in [0.15, 0.2) is 70.1 Å². The number of aryl methyl sites for hydroxylation is 1. The maximum absolute atomic E-state index is 12.2. The molecule has 0 aliphatic carbocycles. The van der Waals surface area contributed by atoms with E-state index >= 15 is 0 Å². The zero-order chi connectivity index (χ0) is 19.3. The highest BCUT2D eigenvalue weighted by Crippen LogP contribution is 2.21. The predicted octanol–water partition coefficient (Wildman–Crippen LogP) is 3.56. The third-order valence-corrected chi connectivity index (χ3v) is 5.69. The molecule has 0 aliphatic heterocycles. The zero-order valence-electron chi connectivity index (χ0n) is 14.8. The lowest BCUT2D eigenvalue weighted by atomic mass is 10.1. The zero-order valence-corrected chi connectivity index (χ0v) is 15.6. The molecule has 0 amide bonds. The molecule has 0 radical (unpaired) electrons. The molecule has 7 heteroatoms. The first-order valence-electron chi connectivity index (χ1n) is 8.40. The molecule has 0 saturated carbocycles. The average molecular weight is 385 g/mol. The quantitative estimate of drug-likeness (QED) is 0.578. The Hall–Kier alpha value is -2.93. The second kappa shape index (κ2) is 8.18. The number of esters is 1. The number of hydrogen-bond donors (Lipinski definition) is 0. The van der Waals surface area contributed by atoms with Crippen LogP contribution in [0.2, 0.25) is 0 Å². The fourth-order valence-corrected chi connectivity index (χ4v) is 3.67. The second-order valence-corrected chi connectivity index (χ2v) is 8.20. The van der Waals surface area contributed by atoms with E-state index in [0.29, 0.717) is 11.5 Å². The van der Waals surface area contributed by atoms with Crippen LogP contribution in [-0.2, 0) is 26.0 Å². The Morgan fingerprint density at radius 1 is 1.07 bits per heavy atom. The van der Waals surface area contributed by atoms with Gasteiger partial charge in [-0.15, -0.1) is 0 Å². The smallest absolute Gasteiger partial charge is 0.307 e. The van der Waals surface area contributed by atoms with Gasteiger partial charge in [0.05, 0.1) is 17.1 Å². The van der Waals surface area contributed by atoms with Crippen molar-refractivity contribution >= 4 is 15.8 Å². The fourth-order valence-electron chi connectivity index (χ4n) is 2.42. The number of sulfone groups is 1. The van der Waals surface area contributed by atoms with Gasteiger partial charge in [0, 0.05) is 11.6 Å². The van der Waals surface area contributed by atoms with Crippen LogP contribution < -0.4 is 0 Å². The van der Waals surface area contributed by atoms with E-state index in [-0.39, 0.29) is 23.7 Å². The summed E-state index contributed by atoms with van der Waals surface area (Å²) in [7, 11) is -3.51. The maximum atomic E-state index is 12.2. The van der Waals surface area contributed by atoms with Crippen LogP contribution >= 0.6 is 0 Å². The molecule has 140 valence electrons. The van der Waals surface area contributed by atoms with Crippen LogP contribution in [0, 0.1) is 6.92 Å². The molecular weight excluding hydrogens is 366 g/mol. The normalized spacial score (nSPS) is 11.3. The molecular formula is C20H19NO5S. The molecule has 0 N–H and O–H groups in total. The van der Waals surface area contributed by atoms with Gasteiger partial charge in [-0.3, -0.25) is 4.79 Å². The van der Waals surface area contributed by atoms with E-state index in [0.717, 1.165) is 11.1 Å². The number of carbonyl (C=O) groups excluding carboxylic acids is 1. The first-order valence-corrected chi connectivity index (χ1v) is 10.1. The molecule has 0 bridgehead atoms. The van der Waals surface area contributed by atoms with Gasteiger partial charge >= 0.3 is 5.97 Å². The Kier molecular flexibility index (Phi) is 5.71. The molecule has 0 unspecified atom stereocenters. The van der Waals surface area contributed by atoms with Gasteiger partial charge in [0.1, 0.15) is 12.3 Å². The van der Waals surface area contributed by atoms with Gasteiger partial charge in [0.15, 0.2) is 15.6 Å². The molecule has 6 nitrogen and oxygen atoms in total. The van der Waals surface area contributed by atoms with E-state index < -0.39 is 15.8 Å². The molecule has 3 aromatic rings. The van der Waals surface area contributed by atoms with Gasteiger partial charge in [-0.2, -0.15) is 0 Å². The molecule has 0 spiro atoms. The summed E-state index contributed by atoms with van der Waals surface area (Å²) in [4.78, 5) is 12.1. The average Bonchev–Trinajstić information content (AvgIpc) is 3.15. The van der Waals surface area contributed by atoms with Crippen molar-refractivity contribution in [2.45, 2.75) is 24.8 Å². The number of hydrogen-bond acceptors (Lipinski definition) is 6. The fraction of sp³-hybridized carbons (Fsp3) is 0.200. The van der Waals surface area contributed by atoms with E-state index in [1.807, 2.05) is 31.2 Å². The molecule has 0 saturated heterocycles. The van der Waals surface area contributed by atoms with Gasteiger partial charge in [0.25, 0.3) is 0 Å². The van der Waals surface area contributed by atoms with Crippen molar-refractivity contribution in [2.24, 2.45) is 0 Å². The maximum Gasteiger partial charge on any atom is 0.307 e. The van der Waals surface area contributed by atoms with Crippen LogP contribution in [0.1, 0.15) is 17.7 Å². The van der Waals surface area contributed by atoms with E-state index in [1.165, 1.54) is 12.1 Å². The number of carbonyl (C=O) groups is 1. The van der Waals surface area contributed by atoms with Crippen molar-refractivity contribution in [2.75, 3.05) is 5.75 Å². The Labute approximate surface area is 157 Å². The van der Waals surface area contributed by atoms with Crippen LogP contribution in [0.3, 0.4) is 0 Å². The molecule has 2 aromatic carbocycles. The van der Waals surface area contributed by atoms with Gasteiger partial charge < -0.3 is 9.26 Å². The van der Waals surface area contributed by atoms with Crippen LogP contribution in [0.4, 0.5) is 0 Å². The first-order chi connectivity index (χ1) is 12.9. The number of ether oxygens (including phenoxy) is 1. The third kappa shape index (κ3) is 5.04. The second-order valence-electron chi connectivity index (χ2n) is 6.09. The summed E-state index contributed by atoms with van der Waals surface area (Å²) in [6.45, 7) is 1.92. The summed E-state index contributed by atoms with van der Waals surface area (Å²) >= 11 is 0. The summed E-state index contributed by atoms with van der Waals surface area (Å²) in [6, 6.07) is 17.5. The summed E-state index contributed by atoms with van der Waals surface area (Å²) < 4.78 is 34.7. The summed E-state index contributed by atoms with van der Waals surface area (Å²) in [5.74, 6) is -0.328. The van der Waals surface area contributed by atoms with Crippen molar-refractivity contribution in [3.8, 4) is 11.3 Å². The Balaban J connectivity index is 1.52. The van der Waals surface area contributed by atoms with Gasteiger partial charge in [-0.05, 0) is 19.1 Å². The van der Waals surface area contributed by atoms with Gasteiger partial charge in [-0.25, -0.2) is 8.42 Å². The number of rotatable bonds is 7. The Morgan fingerprint density at radius 2 is 1.78 bits per heavy atom. The van der Waals surface area contributed by atoms with Crippen LogP contribution in [-0.4, -0.2) is 25.3 Å². The molecule has 0 fully saturated rings. The van der Waals surface area contributed by atoms with E-state index in [2.05, 4.69) is 5.16 Å². The van der Waals surface area contributed by atoms with Gasteiger partial charge in [0.2, 0.25) is 0 Å². The number of nitrogens with zero attached hydrogens (tertiary/aromatic N) is 1. The SMILES string of the molecule is Cc1ccc(-c2cc(COC(=O)CCS(=O)(=O)c3ccccc3)no2)cc1. The van der Waals surface area contributed by atoms with Crippen molar-refractivity contribution in [1.29, 1.82) is 0 Å². The predicted molar refractivity (Wildman–Crippen MR) is 99.6 cm³/mol. The highest BCUT2D eigenvalue weighted by molar-refractivity contribution is 7.91. The lowest BCUT2D eigenvalue weighted by Crippen LogP contribution is -2.13. The Morgan fingerprint density at radius 3 is 2.48 bits per heavy atom. The first kappa shape index (κ1) is 18.8. The molecule has 1 heterocycles. The lowest BCUT2D eigenvalue weighted by molar-refractivity contribution is -0.144. The molecule has 1 aromatic heterocycles. The van der Waals surface area contributed by atoms with E-state index in [9.17, 15) is 13.2 Å². The van der Waals surface area contributed by atoms with Crippen molar-refractivity contribution in [3.63, 3.8) is 0 Å². The number of aromatic nitrogens is 1. The summed E-state index contributed by atoms with van der Waals surface area (Å²) in [5, 5.41) is 3.87. The molecule has 0 aliphatic rings. The standard InChI is InChI=1S/C20H19NO5S/c1-15-7-9-16(10-8-15)19-13-17(21-26-19)14-25-20(22)11-12-27(23,24)18-5-3-2-4-6-18/h2-10,13H,11-12,14H2,1H3. The van der Waals surface area contributed by atoms with Gasteiger partial charge in [-0.1, -0.05) is 53.2 Å². The minimum absolute atomic E-state index is 0.0699. The van der Waals surface area contributed by atoms with Crippen LogP contribution in [0.5, 0.6) is 0 Å². The van der Waals surface area contributed by atoms with E-state index in [4.69, 9.17) is 9.26 Å². The molecule has 0 atom stereocenters. The summed E-state index contributed by atoms with van der Waals surface area (Å²) in [6.07, 6.45) is -0.222. The number of benzene rings is 2. The van der Waals surface area contributed by atoms with Crippen molar-refractivity contribution < 1.29 is 22.5 Å². The highest BCUT2D eigenvalue weighted by Gasteiger charge is 2.17. The van der Waals surface area contributed by atoms with Crippen molar-refractivity contribution in [3.05, 3.63) is 71.9 Å².